The molecule has 0 unspecified atom stereocenters. The lowest BCUT2D eigenvalue weighted by atomic mass is 9.95. The second-order valence-corrected chi connectivity index (χ2v) is 5.83. The highest BCUT2D eigenvalue weighted by atomic mass is 15.3. The summed E-state index contributed by atoms with van der Waals surface area (Å²) in [6.07, 6.45) is 9.87. The van der Waals surface area contributed by atoms with Gasteiger partial charge in [-0.15, -0.1) is 0 Å². The van der Waals surface area contributed by atoms with E-state index in [-0.39, 0.29) is 0 Å². The second kappa shape index (κ2) is 5.75. The number of anilines is 1. The van der Waals surface area contributed by atoms with Crippen LogP contribution >= 0.6 is 0 Å². The Morgan fingerprint density at radius 2 is 1.82 bits per heavy atom. The fraction of sp³-hybridized carbons (Fsp3) is 0.353. The van der Waals surface area contributed by atoms with Gasteiger partial charge in [0.25, 0.3) is 0 Å². The Morgan fingerprint density at radius 1 is 1.00 bits per heavy atom. The van der Waals surface area contributed by atoms with E-state index in [1.807, 2.05) is 41.2 Å². The lowest BCUT2D eigenvalue weighted by Gasteiger charge is -2.23. The molecule has 2 aromatic heterocycles. The van der Waals surface area contributed by atoms with E-state index in [0.717, 1.165) is 22.5 Å². The molecule has 5 heteroatoms. The van der Waals surface area contributed by atoms with Crippen LogP contribution in [0.5, 0.6) is 0 Å². The van der Waals surface area contributed by atoms with Crippen LogP contribution < -0.4 is 5.32 Å². The van der Waals surface area contributed by atoms with Gasteiger partial charge in [0, 0.05) is 6.04 Å². The van der Waals surface area contributed by atoms with Crippen LogP contribution in [0.25, 0.3) is 16.7 Å². The van der Waals surface area contributed by atoms with E-state index in [0.29, 0.717) is 6.04 Å². The van der Waals surface area contributed by atoms with Gasteiger partial charge >= 0.3 is 0 Å². The zero-order valence-corrected chi connectivity index (χ0v) is 12.4. The fourth-order valence-electron chi connectivity index (χ4n) is 3.16. The Kier molecular flexibility index (Phi) is 3.46. The molecule has 1 fully saturated rings. The van der Waals surface area contributed by atoms with Gasteiger partial charge in [-0.1, -0.05) is 37.5 Å². The molecule has 112 valence electrons. The fourth-order valence-corrected chi connectivity index (χ4v) is 3.16. The van der Waals surface area contributed by atoms with E-state index in [1.54, 1.807) is 6.33 Å². The maximum atomic E-state index is 4.49. The monoisotopic (exact) mass is 293 g/mol. The number of hydrogen-bond donors (Lipinski definition) is 1. The molecule has 0 amide bonds. The highest BCUT2D eigenvalue weighted by Gasteiger charge is 2.16. The topological polar surface area (TPSA) is 55.6 Å². The summed E-state index contributed by atoms with van der Waals surface area (Å²) in [4.78, 5) is 8.85. The molecular weight excluding hydrogens is 274 g/mol. The van der Waals surface area contributed by atoms with Crippen molar-refractivity contribution in [1.82, 2.24) is 19.7 Å². The summed E-state index contributed by atoms with van der Waals surface area (Å²) in [7, 11) is 0. The number of nitrogens with one attached hydrogen (secondary N) is 1. The molecule has 1 aliphatic carbocycles. The number of hydrogen-bond acceptors (Lipinski definition) is 4. The lowest BCUT2D eigenvalue weighted by Crippen LogP contribution is -2.22. The van der Waals surface area contributed by atoms with Crippen molar-refractivity contribution in [2.45, 2.75) is 38.1 Å². The summed E-state index contributed by atoms with van der Waals surface area (Å²) < 4.78 is 1.86. The molecule has 0 spiro atoms. The maximum absolute atomic E-state index is 4.49. The molecule has 0 atom stereocenters. The van der Waals surface area contributed by atoms with Gasteiger partial charge in [-0.05, 0) is 25.0 Å². The summed E-state index contributed by atoms with van der Waals surface area (Å²) in [5.41, 5.74) is 1.86. The SMILES string of the molecule is c1ccc(-n2ncc3c(NC4CCCCC4)ncnc32)cc1. The first-order chi connectivity index (χ1) is 10.9. The molecule has 3 aromatic rings. The minimum atomic E-state index is 0.520. The van der Waals surface area contributed by atoms with Crippen LogP contribution in [-0.4, -0.2) is 25.8 Å². The third-order valence-corrected chi connectivity index (χ3v) is 4.31. The highest BCUT2D eigenvalue weighted by Crippen LogP contribution is 2.25. The summed E-state index contributed by atoms with van der Waals surface area (Å²) in [6.45, 7) is 0. The van der Waals surface area contributed by atoms with Crippen molar-refractivity contribution in [2.75, 3.05) is 5.32 Å². The van der Waals surface area contributed by atoms with Gasteiger partial charge < -0.3 is 5.32 Å². The average Bonchev–Trinajstić information content (AvgIpc) is 3.02. The van der Waals surface area contributed by atoms with Gasteiger partial charge in [-0.3, -0.25) is 0 Å². The van der Waals surface area contributed by atoms with Crippen molar-refractivity contribution < 1.29 is 0 Å². The molecule has 22 heavy (non-hydrogen) atoms. The minimum absolute atomic E-state index is 0.520. The van der Waals surface area contributed by atoms with Crippen LogP contribution in [0.1, 0.15) is 32.1 Å². The van der Waals surface area contributed by atoms with E-state index in [2.05, 4.69) is 20.4 Å². The number of benzene rings is 1. The molecule has 0 radical (unpaired) electrons. The van der Waals surface area contributed by atoms with Crippen molar-refractivity contribution >= 4 is 16.9 Å². The number of rotatable bonds is 3. The Labute approximate surface area is 129 Å². The van der Waals surface area contributed by atoms with Crippen LogP contribution in [-0.2, 0) is 0 Å². The predicted octanol–water partition coefficient (Wildman–Crippen LogP) is 3.56. The standard InChI is InChI=1S/C17H19N5/c1-3-7-13(8-4-1)21-16-15-11-20-22(17(15)19-12-18-16)14-9-5-2-6-10-14/h2,5-6,9-13H,1,3-4,7-8H2,(H,18,19,21). The predicted molar refractivity (Wildman–Crippen MR) is 87.2 cm³/mol. The van der Waals surface area contributed by atoms with Crippen LogP contribution in [0.2, 0.25) is 0 Å². The first-order valence-electron chi connectivity index (χ1n) is 7.92. The average molecular weight is 293 g/mol. The Hall–Kier alpha value is -2.43. The maximum Gasteiger partial charge on any atom is 0.168 e. The highest BCUT2D eigenvalue weighted by molar-refractivity contribution is 5.87. The van der Waals surface area contributed by atoms with Crippen LogP contribution in [0.3, 0.4) is 0 Å². The van der Waals surface area contributed by atoms with Gasteiger partial charge in [0.1, 0.15) is 12.1 Å². The summed E-state index contributed by atoms with van der Waals surface area (Å²) in [5, 5.41) is 9.06. The molecule has 0 bridgehead atoms. The zero-order valence-electron chi connectivity index (χ0n) is 12.4. The number of fused-ring (bicyclic) bond motifs is 1. The summed E-state index contributed by atoms with van der Waals surface area (Å²) >= 11 is 0. The molecule has 4 rings (SSSR count). The van der Waals surface area contributed by atoms with Crippen molar-refractivity contribution in [2.24, 2.45) is 0 Å². The van der Waals surface area contributed by atoms with Gasteiger partial charge in [0.15, 0.2) is 5.65 Å². The number of para-hydroxylation sites is 1. The van der Waals surface area contributed by atoms with E-state index in [4.69, 9.17) is 0 Å². The lowest BCUT2D eigenvalue weighted by molar-refractivity contribution is 0.462. The van der Waals surface area contributed by atoms with Crippen LogP contribution in [0, 0.1) is 0 Å². The van der Waals surface area contributed by atoms with Crippen molar-refractivity contribution in [3.8, 4) is 5.69 Å². The van der Waals surface area contributed by atoms with E-state index in [1.165, 1.54) is 32.1 Å². The first kappa shape index (κ1) is 13.2. The van der Waals surface area contributed by atoms with Crippen LogP contribution in [0.15, 0.2) is 42.9 Å². The Balaban J connectivity index is 1.70. The van der Waals surface area contributed by atoms with E-state index < -0.39 is 0 Å². The van der Waals surface area contributed by atoms with E-state index in [9.17, 15) is 0 Å². The summed E-state index contributed by atoms with van der Waals surface area (Å²) in [5.74, 6) is 0.902. The molecule has 1 aromatic carbocycles. The first-order valence-corrected chi connectivity index (χ1v) is 7.92. The van der Waals surface area contributed by atoms with Gasteiger partial charge in [0.05, 0.1) is 17.3 Å². The van der Waals surface area contributed by atoms with Gasteiger partial charge in [0.2, 0.25) is 0 Å². The molecule has 1 N–H and O–H groups in total. The second-order valence-electron chi connectivity index (χ2n) is 5.83. The van der Waals surface area contributed by atoms with Crippen molar-refractivity contribution in [3.05, 3.63) is 42.9 Å². The molecule has 0 saturated heterocycles. The third-order valence-electron chi connectivity index (χ3n) is 4.31. The van der Waals surface area contributed by atoms with Crippen molar-refractivity contribution in [3.63, 3.8) is 0 Å². The molecule has 5 nitrogen and oxygen atoms in total. The molecular formula is C17H19N5. The molecule has 2 heterocycles. The van der Waals surface area contributed by atoms with E-state index >= 15 is 0 Å². The van der Waals surface area contributed by atoms with Crippen LogP contribution in [0.4, 0.5) is 5.82 Å². The number of aromatic nitrogens is 4. The Morgan fingerprint density at radius 3 is 2.64 bits per heavy atom. The minimum Gasteiger partial charge on any atom is -0.367 e. The molecule has 1 aliphatic rings. The van der Waals surface area contributed by atoms with Gasteiger partial charge in [-0.25, -0.2) is 14.6 Å². The molecule has 1 saturated carbocycles. The summed E-state index contributed by atoms with van der Waals surface area (Å²) in [6, 6.07) is 10.6. The zero-order chi connectivity index (χ0) is 14.8. The third kappa shape index (κ3) is 2.43. The normalized spacial score (nSPS) is 16.0. The number of nitrogens with zero attached hydrogens (tertiary/aromatic N) is 4. The largest absolute Gasteiger partial charge is 0.367 e. The van der Waals surface area contributed by atoms with Crippen molar-refractivity contribution in [1.29, 1.82) is 0 Å². The Bertz CT molecular complexity index is 759. The quantitative estimate of drug-likeness (QED) is 0.802. The smallest absolute Gasteiger partial charge is 0.168 e. The molecule has 0 aliphatic heterocycles. The van der Waals surface area contributed by atoms with Gasteiger partial charge in [-0.2, -0.15) is 5.10 Å².